The highest BCUT2D eigenvalue weighted by atomic mass is 32.2. The zero-order chi connectivity index (χ0) is 13.6. The Morgan fingerprint density at radius 1 is 1.33 bits per heavy atom. The Morgan fingerprint density at radius 2 is 2.06 bits per heavy atom. The standard InChI is InChI=1S/C12H20N2O3S/c1-10-6-5-7-11(13)12(10)18(15,16)14-8-3-4-9-17-2/h5-7,14H,3-4,8-9,13H2,1-2H3. The summed E-state index contributed by atoms with van der Waals surface area (Å²) in [5, 5.41) is 0. The van der Waals surface area contributed by atoms with Gasteiger partial charge in [-0.2, -0.15) is 0 Å². The SMILES string of the molecule is COCCCCNS(=O)(=O)c1c(C)cccc1N. The van der Waals surface area contributed by atoms with Crippen LogP contribution in [-0.4, -0.2) is 28.7 Å². The molecule has 1 aromatic carbocycles. The average Bonchev–Trinajstić information content (AvgIpc) is 2.28. The van der Waals surface area contributed by atoms with Crippen LogP contribution in [-0.2, 0) is 14.8 Å². The van der Waals surface area contributed by atoms with E-state index < -0.39 is 10.0 Å². The van der Waals surface area contributed by atoms with Gasteiger partial charge in [-0.25, -0.2) is 13.1 Å². The van der Waals surface area contributed by atoms with Crippen molar-refractivity contribution in [1.82, 2.24) is 4.72 Å². The number of unbranched alkanes of at least 4 members (excludes halogenated alkanes) is 1. The van der Waals surface area contributed by atoms with Crippen LogP contribution in [0.1, 0.15) is 18.4 Å². The van der Waals surface area contributed by atoms with Gasteiger partial charge in [-0.05, 0) is 31.4 Å². The second-order valence-electron chi connectivity index (χ2n) is 4.09. The van der Waals surface area contributed by atoms with E-state index in [0.717, 1.165) is 12.8 Å². The molecule has 102 valence electrons. The zero-order valence-electron chi connectivity index (χ0n) is 10.8. The highest BCUT2D eigenvalue weighted by Crippen LogP contribution is 2.21. The fourth-order valence-corrected chi connectivity index (χ4v) is 3.12. The minimum atomic E-state index is -3.52. The predicted molar refractivity (Wildman–Crippen MR) is 71.9 cm³/mol. The van der Waals surface area contributed by atoms with Crippen molar-refractivity contribution in [3.8, 4) is 0 Å². The van der Waals surface area contributed by atoms with Gasteiger partial charge in [0.05, 0.1) is 5.69 Å². The Hall–Kier alpha value is -1.11. The number of aryl methyl sites for hydroxylation is 1. The molecule has 0 atom stereocenters. The number of ether oxygens (including phenoxy) is 1. The second-order valence-corrected chi connectivity index (χ2v) is 5.79. The third kappa shape index (κ3) is 3.97. The average molecular weight is 272 g/mol. The van der Waals surface area contributed by atoms with Gasteiger partial charge in [0.15, 0.2) is 0 Å². The zero-order valence-corrected chi connectivity index (χ0v) is 11.6. The van der Waals surface area contributed by atoms with E-state index >= 15 is 0 Å². The van der Waals surface area contributed by atoms with Gasteiger partial charge in [-0.3, -0.25) is 0 Å². The minimum absolute atomic E-state index is 0.178. The smallest absolute Gasteiger partial charge is 0.242 e. The number of methoxy groups -OCH3 is 1. The summed E-state index contributed by atoms with van der Waals surface area (Å²) in [6.45, 7) is 2.75. The van der Waals surface area contributed by atoms with Crippen LogP contribution in [0.5, 0.6) is 0 Å². The van der Waals surface area contributed by atoms with E-state index in [1.54, 1.807) is 32.2 Å². The van der Waals surface area contributed by atoms with Crippen LogP contribution in [0.3, 0.4) is 0 Å². The van der Waals surface area contributed by atoms with Crippen molar-refractivity contribution in [2.45, 2.75) is 24.7 Å². The lowest BCUT2D eigenvalue weighted by Crippen LogP contribution is -2.26. The van der Waals surface area contributed by atoms with Crippen LogP contribution >= 0.6 is 0 Å². The van der Waals surface area contributed by atoms with Gasteiger partial charge in [0.25, 0.3) is 0 Å². The molecule has 6 heteroatoms. The Kier molecular flexibility index (Phi) is 5.58. The number of anilines is 1. The van der Waals surface area contributed by atoms with Crippen LogP contribution < -0.4 is 10.5 Å². The highest BCUT2D eigenvalue weighted by Gasteiger charge is 2.18. The van der Waals surface area contributed by atoms with Crippen LogP contribution in [0.25, 0.3) is 0 Å². The number of nitrogen functional groups attached to an aromatic ring is 1. The van der Waals surface area contributed by atoms with Crippen molar-refractivity contribution in [3.05, 3.63) is 23.8 Å². The molecule has 3 N–H and O–H groups in total. The fourth-order valence-electron chi connectivity index (χ4n) is 1.69. The number of nitrogens with one attached hydrogen (secondary N) is 1. The molecule has 0 radical (unpaired) electrons. The second kappa shape index (κ2) is 6.72. The monoisotopic (exact) mass is 272 g/mol. The summed E-state index contributed by atoms with van der Waals surface area (Å²) < 4.78 is 31.6. The van der Waals surface area contributed by atoms with E-state index in [-0.39, 0.29) is 10.6 Å². The van der Waals surface area contributed by atoms with Gasteiger partial charge >= 0.3 is 0 Å². The quantitative estimate of drug-likeness (QED) is 0.579. The molecule has 0 spiro atoms. The third-order valence-corrected chi connectivity index (χ3v) is 4.26. The first-order valence-corrected chi connectivity index (χ1v) is 7.31. The van der Waals surface area contributed by atoms with Crippen LogP contribution in [0, 0.1) is 6.92 Å². The largest absolute Gasteiger partial charge is 0.398 e. The normalized spacial score (nSPS) is 11.7. The molecule has 0 aliphatic carbocycles. The maximum absolute atomic E-state index is 12.1. The summed E-state index contributed by atoms with van der Waals surface area (Å²) >= 11 is 0. The van der Waals surface area contributed by atoms with E-state index in [0.29, 0.717) is 18.7 Å². The number of sulfonamides is 1. The van der Waals surface area contributed by atoms with Gasteiger partial charge in [0.2, 0.25) is 10.0 Å². The summed E-state index contributed by atoms with van der Waals surface area (Å²) in [5.41, 5.74) is 6.65. The summed E-state index contributed by atoms with van der Waals surface area (Å²) in [4.78, 5) is 0.178. The Morgan fingerprint density at radius 3 is 2.67 bits per heavy atom. The molecule has 0 saturated heterocycles. The molecule has 0 fully saturated rings. The molecule has 0 heterocycles. The van der Waals surface area contributed by atoms with Gasteiger partial charge in [0.1, 0.15) is 4.90 Å². The third-order valence-electron chi connectivity index (χ3n) is 2.58. The lowest BCUT2D eigenvalue weighted by atomic mass is 10.2. The van der Waals surface area contributed by atoms with Gasteiger partial charge in [-0.15, -0.1) is 0 Å². The van der Waals surface area contributed by atoms with Crippen molar-refractivity contribution < 1.29 is 13.2 Å². The number of hydrogen-bond acceptors (Lipinski definition) is 4. The van der Waals surface area contributed by atoms with Crippen LogP contribution in [0.15, 0.2) is 23.1 Å². The number of rotatable bonds is 7. The molecule has 0 aliphatic rings. The summed E-state index contributed by atoms with van der Waals surface area (Å²) in [6, 6.07) is 5.06. The molecule has 0 unspecified atom stereocenters. The number of benzene rings is 1. The first-order valence-electron chi connectivity index (χ1n) is 5.82. The summed E-state index contributed by atoms with van der Waals surface area (Å²) in [6.07, 6.45) is 1.56. The van der Waals surface area contributed by atoms with Gasteiger partial charge in [0, 0.05) is 20.3 Å². The molecule has 1 aromatic rings. The summed E-state index contributed by atoms with van der Waals surface area (Å²) in [7, 11) is -1.90. The van der Waals surface area contributed by atoms with Crippen molar-refractivity contribution in [2.75, 3.05) is 26.0 Å². The Bertz CT molecular complexity index is 466. The molecule has 0 saturated carbocycles. The maximum Gasteiger partial charge on any atom is 0.242 e. The van der Waals surface area contributed by atoms with Crippen LogP contribution in [0.2, 0.25) is 0 Å². The lowest BCUT2D eigenvalue weighted by molar-refractivity contribution is 0.193. The fraction of sp³-hybridized carbons (Fsp3) is 0.500. The van der Waals surface area contributed by atoms with Crippen molar-refractivity contribution in [3.63, 3.8) is 0 Å². The molecule has 0 aliphatic heterocycles. The van der Waals surface area contributed by atoms with Crippen molar-refractivity contribution in [2.24, 2.45) is 0 Å². The maximum atomic E-state index is 12.1. The van der Waals surface area contributed by atoms with E-state index in [4.69, 9.17) is 10.5 Å². The summed E-state index contributed by atoms with van der Waals surface area (Å²) in [5.74, 6) is 0. The molecule has 0 amide bonds. The predicted octanol–water partition coefficient (Wildman–Crippen LogP) is 1.28. The Balaban J connectivity index is 2.69. The minimum Gasteiger partial charge on any atom is -0.398 e. The van der Waals surface area contributed by atoms with Gasteiger partial charge in [-0.1, -0.05) is 12.1 Å². The van der Waals surface area contributed by atoms with E-state index in [2.05, 4.69) is 4.72 Å². The molecule has 18 heavy (non-hydrogen) atoms. The number of nitrogens with two attached hydrogens (primary N) is 1. The molecular formula is C12H20N2O3S. The molecular weight excluding hydrogens is 252 g/mol. The van der Waals surface area contributed by atoms with E-state index in [1.165, 1.54) is 0 Å². The van der Waals surface area contributed by atoms with Crippen molar-refractivity contribution in [1.29, 1.82) is 0 Å². The number of hydrogen-bond donors (Lipinski definition) is 2. The molecule has 5 nitrogen and oxygen atoms in total. The molecule has 0 bridgehead atoms. The van der Waals surface area contributed by atoms with E-state index in [1.807, 2.05) is 0 Å². The van der Waals surface area contributed by atoms with E-state index in [9.17, 15) is 8.42 Å². The first-order chi connectivity index (χ1) is 8.49. The molecule has 1 rings (SSSR count). The lowest BCUT2D eigenvalue weighted by Gasteiger charge is -2.11. The topological polar surface area (TPSA) is 81.4 Å². The molecule has 0 aromatic heterocycles. The van der Waals surface area contributed by atoms with Crippen LogP contribution in [0.4, 0.5) is 5.69 Å². The first kappa shape index (κ1) is 14.9. The Labute approximate surface area is 108 Å². The highest BCUT2D eigenvalue weighted by molar-refractivity contribution is 7.89. The van der Waals surface area contributed by atoms with Gasteiger partial charge < -0.3 is 10.5 Å². The van der Waals surface area contributed by atoms with Crippen molar-refractivity contribution >= 4 is 15.7 Å².